The third-order valence-electron chi connectivity index (χ3n) is 4.72. The van der Waals surface area contributed by atoms with E-state index in [1.165, 1.54) is 24.3 Å². The molecule has 9 nitrogen and oxygen atoms in total. The molecule has 162 valence electrons. The molecule has 2 atom stereocenters. The monoisotopic (exact) mass is 427 g/mol. The fourth-order valence-corrected chi connectivity index (χ4v) is 4.21. The van der Waals surface area contributed by atoms with Crippen molar-refractivity contribution in [2.24, 2.45) is 5.92 Å². The molecule has 1 saturated heterocycles. The van der Waals surface area contributed by atoms with Gasteiger partial charge in [0.25, 0.3) is 0 Å². The summed E-state index contributed by atoms with van der Waals surface area (Å²) in [6, 6.07) is 5.83. The molecule has 0 aliphatic carbocycles. The largest absolute Gasteiger partial charge is 0.385 e. The second-order valence-electron chi connectivity index (χ2n) is 7.01. The van der Waals surface area contributed by atoms with Gasteiger partial charge >= 0.3 is 0 Å². The zero-order chi connectivity index (χ0) is 21.4. The number of sulfonamides is 1. The lowest BCUT2D eigenvalue weighted by atomic mass is 10.1. The summed E-state index contributed by atoms with van der Waals surface area (Å²) in [5, 5.41) is 2.75. The van der Waals surface area contributed by atoms with Crippen LogP contribution in [0.1, 0.15) is 19.8 Å². The minimum Gasteiger partial charge on any atom is -0.385 e. The maximum absolute atomic E-state index is 12.5. The van der Waals surface area contributed by atoms with Gasteiger partial charge < -0.3 is 19.7 Å². The van der Waals surface area contributed by atoms with E-state index in [0.29, 0.717) is 31.9 Å². The van der Waals surface area contributed by atoms with Crippen molar-refractivity contribution in [3.63, 3.8) is 0 Å². The van der Waals surface area contributed by atoms with Gasteiger partial charge in [-0.2, -0.15) is 0 Å². The predicted molar refractivity (Wildman–Crippen MR) is 108 cm³/mol. The van der Waals surface area contributed by atoms with E-state index in [9.17, 15) is 18.0 Å². The van der Waals surface area contributed by atoms with Crippen molar-refractivity contribution in [2.75, 3.05) is 45.8 Å². The molecule has 29 heavy (non-hydrogen) atoms. The van der Waals surface area contributed by atoms with E-state index in [-0.39, 0.29) is 35.7 Å². The third-order valence-corrected chi connectivity index (χ3v) is 6.20. The molecule has 2 rings (SSSR count). The highest BCUT2D eigenvalue weighted by atomic mass is 32.2. The zero-order valence-electron chi connectivity index (χ0n) is 17.0. The molecule has 1 heterocycles. The van der Waals surface area contributed by atoms with Crippen molar-refractivity contribution in [3.8, 4) is 0 Å². The number of benzene rings is 1. The fourth-order valence-electron chi connectivity index (χ4n) is 3.13. The zero-order valence-corrected chi connectivity index (χ0v) is 17.8. The van der Waals surface area contributed by atoms with E-state index in [1.807, 2.05) is 6.92 Å². The van der Waals surface area contributed by atoms with Crippen molar-refractivity contribution in [3.05, 3.63) is 24.3 Å². The Morgan fingerprint density at radius 2 is 1.93 bits per heavy atom. The lowest BCUT2D eigenvalue weighted by Gasteiger charge is -2.23. The van der Waals surface area contributed by atoms with Crippen molar-refractivity contribution >= 4 is 27.5 Å². The number of ether oxygens (including phenoxy) is 2. The van der Waals surface area contributed by atoms with Crippen LogP contribution in [-0.4, -0.2) is 71.7 Å². The molecule has 0 unspecified atom stereocenters. The lowest BCUT2D eigenvalue weighted by molar-refractivity contribution is -0.130. The summed E-state index contributed by atoms with van der Waals surface area (Å²) < 4.78 is 36.9. The molecule has 1 aliphatic rings. The average Bonchev–Trinajstić information content (AvgIpc) is 3.08. The molecule has 0 bridgehead atoms. The minimum absolute atomic E-state index is 0.0734. The Kier molecular flexibility index (Phi) is 8.57. The Balaban J connectivity index is 1.92. The lowest BCUT2D eigenvalue weighted by Crippen LogP contribution is -2.38. The number of carbonyl (C=O) groups excluding carboxylic acids is 2. The van der Waals surface area contributed by atoms with Crippen LogP contribution in [0.3, 0.4) is 0 Å². The first-order chi connectivity index (χ1) is 13.8. The highest BCUT2D eigenvalue weighted by Gasteiger charge is 2.36. The first-order valence-electron chi connectivity index (χ1n) is 9.46. The standard InChI is InChI=1S/C19H29N3O6S/c1-14(13-28-3)22-12-15(11-18(22)23)19(24)21-16-5-7-17(8-6-16)29(25,26)20-9-4-10-27-2/h5-8,14-15,20H,4,9-13H2,1-3H3,(H,21,24)/t14-,15+/m1/s1. The van der Waals surface area contributed by atoms with E-state index >= 15 is 0 Å². The van der Waals surface area contributed by atoms with Crippen LogP contribution >= 0.6 is 0 Å². The molecule has 2 N–H and O–H groups in total. The van der Waals surface area contributed by atoms with Crippen LogP contribution in [0.15, 0.2) is 29.2 Å². The van der Waals surface area contributed by atoms with Gasteiger partial charge in [0.1, 0.15) is 0 Å². The smallest absolute Gasteiger partial charge is 0.240 e. The summed E-state index contributed by atoms with van der Waals surface area (Å²) in [6.07, 6.45) is 0.724. The van der Waals surface area contributed by atoms with Crippen LogP contribution in [-0.2, 0) is 29.1 Å². The molecule has 0 aromatic heterocycles. The minimum atomic E-state index is -3.61. The number of rotatable bonds is 11. The fraction of sp³-hybridized carbons (Fsp3) is 0.579. The number of carbonyl (C=O) groups is 2. The van der Waals surface area contributed by atoms with Gasteiger partial charge in [-0.15, -0.1) is 0 Å². The maximum Gasteiger partial charge on any atom is 0.240 e. The molecule has 10 heteroatoms. The molecule has 1 fully saturated rings. The van der Waals surface area contributed by atoms with Gasteiger partial charge in [0.05, 0.1) is 23.5 Å². The molecule has 1 aromatic carbocycles. The van der Waals surface area contributed by atoms with Crippen molar-refractivity contribution in [1.29, 1.82) is 0 Å². The number of nitrogens with one attached hydrogen (secondary N) is 2. The van der Waals surface area contributed by atoms with Crippen LogP contribution in [0.4, 0.5) is 5.69 Å². The van der Waals surface area contributed by atoms with Gasteiger partial charge in [-0.05, 0) is 37.6 Å². The Morgan fingerprint density at radius 1 is 1.24 bits per heavy atom. The van der Waals surface area contributed by atoms with Gasteiger partial charge in [-0.1, -0.05) is 0 Å². The first-order valence-corrected chi connectivity index (χ1v) is 10.9. The number of hydrogen-bond donors (Lipinski definition) is 2. The Hall–Kier alpha value is -2.01. The second-order valence-corrected chi connectivity index (χ2v) is 8.78. The molecular weight excluding hydrogens is 398 g/mol. The van der Waals surface area contributed by atoms with E-state index in [0.717, 1.165) is 0 Å². The highest BCUT2D eigenvalue weighted by molar-refractivity contribution is 7.89. The van der Waals surface area contributed by atoms with E-state index in [4.69, 9.17) is 9.47 Å². The molecule has 1 aliphatic heterocycles. The molecule has 2 amide bonds. The topological polar surface area (TPSA) is 114 Å². The predicted octanol–water partition coefficient (Wildman–Crippen LogP) is 0.823. The summed E-state index contributed by atoms with van der Waals surface area (Å²) in [5.74, 6) is -0.790. The molecule has 1 aromatic rings. The van der Waals surface area contributed by atoms with Crippen molar-refractivity contribution < 1.29 is 27.5 Å². The van der Waals surface area contributed by atoms with E-state index < -0.39 is 15.9 Å². The summed E-state index contributed by atoms with van der Waals surface area (Å²) in [6.45, 7) is 3.38. The SMILES string of the molecule is COCCCNS(=O)(=O)c1ccc(NC(=O)[C@H]2CC(=O)N([C@H](C)COC)C2)cc1. The number of amides is 2. The van der Waals surface area contributed by atoms with Crippen LogP contribution in [0.5, 0.6) is 0 Å². The van der Waals surface area contributed by atoms with Gasteiger partial charge in [0.15, 0.2) is 0 Å². The summed E-state index contributed by atoms with van der Waals surface area (Å²) in [4.78, 5) is 26.4. The van der Waals surface area contributed by atoms with Crippen LogP contribution in [0, 0.1) is 5.92 Å². The third kappa shape index (κ3) is 6.49. The Morgan fingerprint density at radius 3 is 2.55 bits per heavy atom. The van der Waals surface area contributed by atoms with Gasteiger partial charge in [0.2, 0.25) is 21.8 Å². The van der Waals surface area contributed by atoms with E-state index in [1.54, 1.807) is 19.1 Å². The van der Waals surface area contributed by atoms with Crippen LogP contribution in [0.2, 0.25) is 0 Å². The summed E-state index contributed by atoms with van der Waals surface area (Å²) >= 11 is 0. The molecular formula is C19H29N3O6S. The van der Waals surface area contributed by atoms with Gasteiger partial charge in [0, 0.05) is 46.0 Å². The number of likely N-dealkylation sites (tertiary alicyclic amines) is 1. The summed E-state index contributed by atoms with van der Waals surface area (Å²) in [5.41, 5.74) is 0.476. The number of methoxy groups -OCH3 is 2. The molecule has 0 saturated carbocycles. The second kappa shape index (κ2) is 10.7. The molecule has 0 spiro atoms. The van der Waals surface area contributed by atoms with Gasteiger partial charge in [-0.3, -0.25) is 9.59 Å². The highest BCUT2D eigenvalue weighted by Crippen LogP contribution is 2.22. The number of nitrogens with zero attached hydrogens (tertiary/aromatic N) is 1. The van der Waals surface area contributed by atoms with Crippen molar-refractivity contribution in [2.45, 2.75) is 30.7 Å². The van der Waals surface area contributed by atoms with Crippen molar-refractivity contribution in [1.82, 2.24) is 9.62 Å². The van der Waals surface area contributed by atoms with Gasteiger partial charge in [-0.25, -0.2) is 13.1 Å². The Bertz CT molecular complexity index is 797. The number of hydrogen-bond acceptors (Lipinski definition) is 6. The normalized spacial score (nSPS) is 18.1. The van der Waals surface area contributed by atoms with Crippen LogP contribution < -0.4 is 10.0 Å². The van der Waals surface area contributed by atoms with E-state index in [2.05, 4.69) is 10.0 Å². The number of anilines is 1. The first kappa shape index (κ1) is 23.3. The molecule has 0 radical (unpaired) electrons. The average molecular weight is 428 g/mol. The van der Waals surface area contributed by atoms with Crippen LogP contribution in [0.25, 0.3) is 0 Å². The Labute approximate surface area is 171 Å². The maximum atomic E-state index is 12.5. The summed E-state index contributed by atoms with van der Waals surface area (Å²) in [7, 11) is -0.487. The quantitative estimate of drug-likeness (QED) is 0.506.